The highest BCUT2D eigenvalue weighted by Crippen LogP contribution is 2.08. The first-order valence-corrected chi connectivity index (χ1v) is 6.35. The van der Waals surface area contributed by atoms with Crippen LogP contribution >= 0.6 is 12.4 Å². The van der Waals surface area contributed by atoms with E-state index >= 15 is 0 Å². The molecule has 1 rings (SSSR count). The summed E-state index contributed by atoms with van der Waals surface area (Å²) < 4.78 is 0. The van der Waals surface area contributed by atoms with Gasteiger partial charge in [0.15, 0.2) is 0 Å². The maximum absolute atomic E-state index is 12.0. The van der Waals surface area contributed by atoms with Crippen molar-refractivity contribution < 1.29 is 14.7 Å². The molecule has 1 fully saturated rings. The lowest BCUT2D eigenvalue weighted by Crippen LogP contribution is -2.56. The summed E-state index contributed by atoms with van der Waals surface area (Å²) in [4.78, 5) is 26.8. The highest BCUT2D eigenvalue weighted by molar-refractivity contribution is 5.85. The number of nitrogens with two attached hydrogens (primary N) is 1. The Hall–Kier alpha value is -0.850. The molecule has 112 valence electrons. The van der Waals surface area contributed by atoms with Crippen LogP contribution in [0.2, 0.25) is 0 Å². The summed E-state index contributed by atoms with van der Waals surface area (Å²) in [6.45, 7) is 7.16. The number of carbonyl (C=O) groups is 2. The molecule has 0 radical (unpaired) electrons. The molecule has 2 atom stereocenters. The molecular formula is C12H24ClN3O3. The lowest BCUT2D eigenvalue weighted by Gasteiger charge is -2.36. The first-order valence-electron chi connectivity index (χ1n) is 6.35. The zero-order valence-corrected chi connectivity index (χ0v) is 12.5. The lowest BCUT2D eigenvalue weighted by atomic mass is 10.0. The SMILES string of the molecule is CC(O)C(=O)N1CCN(C(=O)[C@@H](N)C(C)C)CC1.Cl. The maximum atomic E-state index is 12.0. The van der Waals surface area contributed by atoms with Crippen LogP contribution in [0.3, 0.4) is 0 Å². The molecule has 3 N–H and O–H groups in total. The van der Waals surface area contributed by atoms with Gasteiger partial charge in [-0.15, -0.1) is 12.4 Å². The van der Waals surface area contributed by atoms with Crippen molar-refractivity contribution in [1.82, 2.24) is 9.80 Å². The van der Waals surface area contributed by atoms with E-state index in [1.54, 1.807) is 9.80 Å². The molecule has 1 aliphatic heterocycles. The molecule has 0 aromatic carbocycles. The standard InChI is InChI=1S/C12H23N3O3.ClH/c1-8(2)10(13)12(18)15-6-4-14(5-7-15)11(17)9(3)16;/h8-10,16H,4-7,13H2,1-3H3;1H/t9?,10-;/m0./s1. The third-order valence-corrected chi connectivity index (χ3v) is 3.26. The van der Waals surface area contributed by atoms with Gasteiger partial charge in [0.05, 0.1) is 6.04 Å². The van der Waals surface area contributed by atoms with Crippen LogP contribution in [0.15, 0.2) is 0 Å². The summed E-state index contributed by atoms with van der Waals surface area (Å²) in [5.41, 5.74) is 5.82. The van der Waals surface area contributed by atoms with Gasteiger partial charge in [-0.2, -0.15) is 0 Å². The van der Waals surface area contributed by atoms with Crippen molar-refractivity contribution in [2.45, 2.75) is 32.9 Å². The first kappa shape index (κ1) is 18.1. The molecule has 0 aromatic rings. The quantitative estimate of drug-likeness (QED) is 0.730. The van der Waals surface area contributed by atoms with E-state index in [1.807, 2.05) is 13.8 Å². The van der Waals surface area contributed by atoms with E-state index in [0.29, 0.717) is 26.2 Å². The number of aliphatic hydroxyl groups is 1. The van der Waals surface area contributed by atoms with E-state index in [4.69, 9.17) is 5.73 Å². The first-order chi connectivity index (χ1) is 8.34. The molecule has 19 heavy (non-hydrogen) atoms. The fourth-order valence-electron chi connectivity index (χ4n) is 1.91. The molecule has 0 aromatic heterocycles. The Balaban J connectivity index is 0.00000324. The topological polar surface area (TPSA) is 86.9 Å². The summed E-state index contributed by atoms with van der Waals surface area (Å²) in [5.74, 6) is -0.237. The van der Waals surface area contributed by atoms with Crippen molar-refractivity contribution in [1.29, 1.82) is 0 Å². The normalized spacial score (nSPS) is 18.8. The highest BCUT2D eigenvalue weighted by Gasteiger charge is 2.29. The summed E-state index contributed by atoms with van der Waals surface area (Å²) in [6.07, 6.45) is -0.981. The molecular weight excluding hydrogens is 270 g/mol. The number of nitrogens with zero attached hydrogens (tertiary/aromatic N) is 2. The molecule has 0 saturated carbocycles. The zero-order chi connectivity index (χ0) is 13.9. The molecule has 1 heterocycles. The van der Waals surface area contributed by atoms with Gasteiger partial charge in [0, 0.05) is 26.2 Å². The second-order valence-corrected chi connectivity index (χ2v) is 5.10. The second-order valence-electron chi connectivity index (χ2n) is 5.10. The van der Waals surface area contributed by atoms with Gasteiger partial charge in [-0.05, 0) is 12.8 Å². The Morgan fingerprint density at radius 3 is 1.68 bits per heavy atom. The van der Waals surface area contributed by atoms with E-state index in [0.717, 1.165) is 0 Å². The number of amides is 2. The minimum absolute atomic E-state index is 0. The summed E-state index contributed by atoms with van der Waals surface area (Å²) in [6, 6.07) is -0.482. The minimum atomic E-state index is -0.981. The minimum Gasteiger partial charge on any atom is -0.384 e. The van der Waals surface area contributed by atoms with Gasteiger partial charge in [-0.3, -0.25) is 9.59 Å². The predicted molar refractivity (Wildman–Crippen MR) is 74.9 cm³/mol. The fourth-order valence-corrected chi connectivity index (χ4v) is 1.91. The van der Waals surface area contributed by atoms with Gasteiger partial charge in [-0.1, -0.05) is 13.8 Å². The van der Waals surface area contributed by atoms with Crippen LogP contribution < -0.4 is 5.73 Å². The van der Waals surface area contributed by atoms with E-state index < -0.39 is 12.1 Å². The van der Waals surface area contributed by atoms with Crippen molar-refractivity contribution in [3.8, 4) is 0 Å². The largest absolute Gasteiger partial charge is 0.384 e. The molecule has 1 unspecified atom stereocenters. The van der Waals surface area contributed by atoms with Crippen LogP contribution in [-0.4, -0.2) is 65.0 Å². The second kappa shape index (κ2) is 7.67. The number of piperazine rings is 1. The summed E-state index contributed by atoms with van der Waals surface area (Å²) >= 11 is 0. The monoisotopic (exact) mass is 293 g/mol. The molecule has 0 bridgehead atoms. The Kier molecular flexibility index (Phi) is 7.33. The van der Waals surface area contributed by atoms with Crippen LogP contribution in [0.1, 0.15) is 20.8 Å². The fraction of sp³-hybridized carbons (Fsp3) is 0.833. The number of carbonyl (C=O) groups excluding carboxylic acids is 2. The molecule has 0 aliphatic carbocycles. The highest BCUT2D eigenvalue weighted by atomic mass is 35.5. The Bertz CT molecular complexity index is 315. The summed E-state index contributed by atoms with van der Waals surface area (Å²) in [7, 11) is 0. The third-order valence-electron chi connectivity index (χ3n) is 3.26. The number of hydrogen-bond donors (Lipinski definition) is 2. The lowest BCUT2D eigenvalue weighted by molar-refractivity contribution is -0.145. The number of hydrogen-bond acceptors (Lipinski definition) is 4. The average molecular weight is 294 g/mol. The predicted octanol–water partition coefficient (Wildman–Crippen LogP) is -0.557. The van der Waals surface area contributed by atoms with Gasteiger partial charge < -0.3 is 20.6 Å². The van der Waals surface area contributed by atoms with Crippen LogP contribution in [0.5, 0.6) is 0 Å². The van der Waals surface area contributed by atoms with Crippen LogP contribution in [0.25, 0.3) is 0 Å². The van der Waals surface area contributed by atoms with Crippen molar-refractivity contribution >= 4 is 24.2 Å². The third kappa shape index (κ3) is 4.63. The van der Waals surface area contributed by atoms with Gasteiger partial charge in [-0.25, -0.2) is 0 Å². The molecule has 2 amide bonds. The summed E-state index contributed by atoms with van der Waals surface area (Å²) in [5, 5.41) is 9.22. The van der Waals surface area contributed by atoms with E-state index in [1.165, 1.54) is 6.92 Å². The number of halogens is 1. The van der Waals surface area contributed by atoms with Crippen LogP contribution in [-0.2, 0) is 9.59 Å². The van der Waals surface area contributed by atoms with E-state index in [2.05, 4.69) is 0 Å². The zero-order valence-electron chi connectivity index (χ0n) is 11.7. The van der Waals surface area contributed by atoms with E-state index in [9.17, 15) is 14.7 Å². The molecule has 0 spiro atoms. The van der Waals surface area contributed by atoms with Gasteiger partial charge >= 0.3 is 0 Å². The maximum Gasteiger partial charge on any atom is 0.251 e. The number of aliphatic hydroxyl groups excluding tert-OH is 1. The van der Waals surface area contributed by atoms with Crippen LogP contribution in [0, 0.1) is 5.92 Å². The van der Waals surface area contributed by atoms with Gasteiger partial charge in [0.1, 0.15) is 6.10 Å². The van der Waals surface area contributed by atoms with Crippen LogP contribution in [0.4, 0.5) is 0 Å². The molecule has 6 nitrogen and oxygen atoms in total. The Labute approximate surface area is 120 Å². The molecule has 1 aliphatic rings. The molecule has 7 heteroatoms. The van der Waals surface area contributed by atoms with Crippen molar-refractivity contribution in [2.75, 3.05) is 26.2 Å². The Morgan fingerprint density at radius 2 is 1.37 bits per heavy atom. The number of rotatable bonds is 3. The smallest absolute Gasteiger partial charge is 0.251 e. The average Bonchev–Trinajstić information content (AvgIpc) is 2.36. The van der Waals surface area contributed by atoms with Crippen molar-refractivity contribution in [3.05, 3.63) is 0 Å². The van der Waals surface area contributed by atoms with Crippen molar-refractivity contribution in [2.24, 2.45) is 11.7 Å². The molecule has 1 saturated heterocycles. The Morgan fingerprint density at radius 1 is 1.00 bits per heavy atom. The van der Waals surface area contributed by atoms with Crippen molar-refractivity contribution in [3.63, 3.8) is 0 Å². The van der Waals surface area contributed by atoms with Gasteiger partial charge in [0.2, 0.25) is 5.91 Å². The van der Waals surface area contributed by atoms with E-state index in [-0.39, 0.29) is 30.1 Å². The van der Waals surface area contributed by atoms with Gasteiger partial charge in [0.25, 0.3) is 5.91 Å².